The normalized spacial score (nSPS) is 23.5. The van der Waals surface area contributed by atoms with Crippen LogP contribution in [0.1, 0.15) is 19.4 Å². The van der Waals surface area contributed by atoms with Crippen LogP contribution in [0.5, 0.6) is 0 Å². The maximum Gasteiger partial charge on any atom is 0.245 e. The van der Waals surface area contributed by atoms with Crippen LogP contribution in [0.15, 0.2) is 22.7 Å². The standard InChI is InChI=1S/C13H14BrFN2O2/c1-7-13(19)17(8(2)12(18)16-7)6-9-3-4-10(15)5-11(9)14/h3-5,7-8H,6H2,1-2H3,(H,16,18). The quantitative estimate of drug-likeness (QED) is 0.900. The maximum atomic E-state index is 13.0. The van der Waals surface area contributed by atoms with Crippen molar-refractivity contribution in [2.24, 2.45) is 0 Å². The Labute approximate surface area is 119 Å². The number of nitrogens with zero attached hydrogens (tertiary/aromatic N) is 1. The Morgan fingerprint density at radius 1 is 1.37 bits per heavy atom. The SMILES string of the molecule is CC1NC(=O)C(C)N(Cc2ccc(F)cc2Br)C1=O. The van der Waals surface area contributed by atoms with Crippen molar-refractivity contribution < 1.29 is 14.0 Å². The van der Waals surface area contributed by atoms with E-state index in [-0.39, 0.29) is 24.2 Å². The average molecular weight is 329 g/mol. The van der Waals surface area contributed by atoms with E-state index in [1.165, 1.54) is 17.0 Å². The average Bonchev–Trinajstić information content (AvgIpc) is 2.34. The van der Waals surface area contributed by atoms with Gasteiger partial charge in [0.1, 0.15) is 17.9 Å². The summed E-state index contributed by atoms with van der Waals surface area (Å²) in [5, 5.41) is 2.62. The van der Waals surface area contributed by atoms with E-state index < -0.39 is 12.1 Å². The zero-order chi connectivity index (χ0) is 14.2. The van der Waals surface area contributed by atoms with E-state index in [2.05, 4.69) is 21.2 Å². The molecule has 0 aliphatic carbocycles. The van der Waals surface area contributed by atoms with Gasteiger partial charge in [-0.15, -0.1) is 0 Å². The lowest BCUT2D eigenvalue weighted by Gasteiger charge is -2.36. The van der Waals surface area contributed by atoms with Crippen LogP contribution in [0.25, 0.3) is 0 Å². The smallest absolute Gasteiger partial charge is 0.245 e. The Hall–Kier alpha value is -1.43. The Balaban J connectivity index is 2.25. The van der Waals surface area contributed by atoms with Crippen LogP contribution in [-0.2, 0) is 16.1 Å². The fraction of sp³-hybridized carbons (Fsp3) is 0.385. The molecular formula is C13H14BrFN2O2. The molecule has 0 spiro atoms. The Kier molecular flexibility index (Phi) is 3.89. The lowest BCUT2D eigenvalue weighted by molar-refractivity contribution is -0.148. The lowest BCUT2D eigenvalue weighted by Crippen LogP contribution is -2.60. The van der Waals surface area contributed by atoms with E-state index in [0.717, 1.165) is 5.56 Å². The molecule has 0 radical (unpaired) electrons. The van der Waals surface area contributed by atoms with Crippen LogP contribution < -0.4 is 5.32 Å². The van der Waals surface area contributed by atoms with Gasteiger partial charge >= 0.3 is 0 Å². The van der Waals surface area contributed by atoms with E-state index in [9.17, 15) is 14.0 Å². The summed E-state index contributed by atoms with van der Waals surface area (Å²) in [7, 11) is 0. The molecule has 1 fully saturated rings. The van der Waals surface area contributed by atoms with Gasteiger partial charge in [0.25, 0.3) is 0 Å². The van der Waals surface area contributed by atoms with E-state index in [1.54, 1.807) is 19.9 Å². The van der Waals surface area contributed by atoms with Crippen LogP contribution in [0.3, 0.4) is 0 Å². The van der Waals surface area contributed by atoms with Gasteiger partial charge in [0, 0.05) is 11.0 Å². The van der Waals surface area contributed by atoms with Crippen LogP contribution in [0.2, 0.25) is 0 Å². The monoisotopic (exact) mass is 328 g/mol. The fourth-order valence-electron chi connectivity index (χ4n) is 2.03. The summed E-state index contributed by atoms with van der Waals surface area (Å²) in [6.45, 7) is 3.61. The van der Waals surface area contributed by atoms with E-state index in [1.807, 2.05) is 0 Å². The molecule has 2 rings (SSSR count). The van der Waals surface area contributed by atoms with Gasteiger partial charge in [-0.3, -0.25) is 9.59 Å². The van der Waals surface area contributed by atoms with E-state index in [4.69, 9.17) is 0 Å². The van der Waals surface area contributed by atoms with Gasteiger partial charge in [-0.2, -0.15) is 0 Å². The topological polar surface area (TPSA) is 49.4 Å². The molecule has 0 bridgehead atoms. The van der Waals surface area contributed by atoms with Crippen molar-refractivity contribution in [3.05, 3.63) is 34.1 Å². The number of hydrogen-bond donors (Lipinski definition) is 1. The Morgan fingerprint density at radius 3 is 2.68 bits per heavy atom. The molecular weight excluding hydrogens is 315 g/mol. The van der Waals surface area contributed by atoms with Gasteiger partial charge in [-0.25, -0.2) is 4.39 Å². The van der Waals surface area contributed by atoms with Gasteiger partial charge in [0.2, 0.25) is 11.8 Å². The molecule has 2 unspecified atom stereocenters. The minimum Gasteiger partial charge on any atom is -0.343 e. The number of carbonyl (C=O) groups excluding carboxylic acids is 2. The zero-order valence-electron chi connectivity index (χ0n) is 10.6. The Bertz CT molecular complexity index is 535. The van der Waals surface area contributed by atoms with Crippen molar-refractivity contribution in [2.45, 2.75) is 32.5 Å². The number of amides is 2. The highest BCUT2D eigenvalue weighted by molar-refractivity contribution is 9.10. The van der Waals surface area contributed by atoms with Gasteiger partial charge in [-0.05, 0) is 31.5 Å². The third-order valence-corrected chi connectivity index (χ3v) is 3.95. The number of benzene rings is 1. The van der Waals surface area contributed by atoms with Crippen molar-refractivity contribution in [3.8, 4) is 0 Å². The molecule has 2 amide bonds. The summed E-state index contributed by atoms with van der Waals surface area (Å²) in [6.07, 6.45) is 0. The molecule has 4 nitrogen and oxygen atoms in total. The first kappa shape index (κ1) is 14.0. The molecule has 2 atom stereocenters. The van der Waals surface area contributed by atoms with Gasteiger partial charge in [-0.1, -0.05) is 22.0 Å². The molecule has 6 heteroatoms. The molecule has 102 valence electrons. The first-order chi connectivity index (χ1) is 8.90. The predicted molar refractivity (Wildman–Crippen MR) is 71.7 cm³/mol. The number of hydrogen-bond acceptors (Lipinski definition) is 2. The van der Waals surface area contributed by atoms with Crippen LogP contribution in [0.4, 0.5) is 4.39 Å². The van der Waals surface area contributed by atoms with Crippen LogP contribution >= 0.6 is 15.9 Å². The summed E-state index contributed by atoms with van der Waals surface area (Å²) in [6, 6.07) is 3.24. The molecule has 1 aliphatic heterocycles. The van der Waals surface area contributed by atoms with E-state index in [0.29, 0.717) is 4.47 Å². The minimum atomic E-state index is -0.527. The molecule has 1 aromatic carbocycles. The highest BCUT2D eigenvalue weighted by atomic mass is 79.9. The zero-order valence-corrected chi connectivity index (χ0v) is 12.2. The molecule has 1 N–H and O–H groups in total. The highest BCUT2D eigenvalue weighted by Gasteiger charge is 2.35. The second kappa shape index (κ2) is 5.28. The van der Waals surface area contributed by atoms with Crippen LogP contribution in [0, 0.1) is 5.82 Å². The molecule has 1 aliphatic rings. The Morgan fingerprint density at radius 2 is 2.05 bits per heavy atom. The fourth-order valence-corrected chi connectivity index (χ4v) is 2.50. The molecule has 1 aromatic rings. The van der Waals surface area contributed by atoms with Crippen LogP contribution in [-0.4, -0.2) is 28.8 Å². The number of nitrogens with one attached hydrogen (secondary N) is 1. The molecule has 0 saturated carbocycles. The first-order valence-corrected chi connectivity index (χ1v) is 6.74. The second-order valence-corrected chi connectivity index (χ2v) is 5.46. The number of rotatable bonds is 2. The summed E-state index contributed by atoms with van der Waals surface area (Å²) < 4.78 is 13.6. The maximum absolute atomic E-state index is 13.0. The van der Waals surface area contributed by atoms with Gasteiger partial charge < -0.3 is 10.2 Å². The number of piperazine rings is 1. The summed E-state index contributed by atoms with van der Waals surface area (Å²) in [4.78, 5) is 25.3. The van der Waals surface area contributed by atoms with Gasteiger partial charge in [0.05, 0.1) is 0 Å². The van der Waals surface area contributed by atoms with Crippen molar-refractivity contribution >= 4 is 27.7 Å². The van der Waals surface area contributed by atoms with E-state index >= 15 is 0 Å². The highest BCUT2D eigenvalue weighted by Crippen LogP contribution is 2.22. The van der Waals surface area contributed by atoms with Crippen molar-refractivity contribution in [1.29, 1.82) is 0 Å². The predicted octanol–water partition coefficient (Wildman–Crippen LogP) is 1.82. The molecule has 19 heavy (non-hydrogen) atoms. The summed E-state index contributed by atoms with van der Waals surface area (Å²) in [5.74, 6) is -0.659. The molecule has 1 saturated heterocycles. The first-order valence-electron chi connectivity index (χ1n) is 5.95. The molecule has 0 aromatic heterocycles. The second-order valence-electron chi connectivity index (χ2n) is 4.61. The summed E-state index contributed by atoms with van der Waals surface area (Å²) in [5.41, 5.74) is 0.767. The van der Waals surface area contributed by atoms with Crippen molar-refractivity contribution in [1.82, 2.24) is 10.2 Å². The lowest BCUT2D eigenvalue weighted by atomic mass is 10.1. The van der Waals surface area contributed by atoms with Gasteiger partial charge in [0.15, 0.2) is 0 Å². The largest absolute Gasteiger partial charge is 0.343 e. The van der Waals surface area contributed by atoms with Crippen molar-refractivity contribution in [3.63, 3.8) is 0 Å². The van der Waals surface area contributed by atoms with Crippen molar-refractivity contribution in [2.75, 3.05) is 0 Å². The number of halogens is 2. The third kappa shape index (κ3) is 2.78. The minimum absolute atomic E-state index is 0.136. The summed E-state index contributed by atoms with van der Waals surface area (Å²) >= 11 is 3.27. The molecule has 1 heterocycles. The number of carbonyl (C=O) groups is 2. The third-order valence-electron chi connectivity index (χ3n) is 3.22.